The third-order valence-electron chi connectivity index (χ3n) is 5.38. The Balaban J connectivity index is 2.00. The summed E-state index contributed by atoms with van der Waals surface area (Å²) in [5.74, 6) is -0.550. The number of aliphatic carboxylic acids is 1. The minimum atomic E-state index is -1.31. The van der Waals surface area contributed by atoms with E-state index in [1.807, 2.05) is 36.4 Å². The van der Waals surface area contributed by atoms with Crippen LogP contribution in [0.15, 0.2) is 53.7 Å². The van der Waals surface area contributed by atoms with Gasteiger partial charge in [0.1, 0.15) is 18.1 Å². The number of oxime groups is 1. The van der Waals surface area contributed by atoms with E-state index in [2.05, 4.69) is 12.1 Å². The molecule has 0 aromatic heterocycles. The van der Waals surface area contributed by atoms with Crippen LogP contribution in [0, 0.1) is 0 Å². The summed E-state index contributed by atoms with van der Waals surface area (Å²) in [4.78, 5) is 17.0. The Hall–Kier alpha value is -2.53. The number of ether oxygens (including phenoxy) is 1. The molecule has 1 N–H and O–H groups in total. The van der Waals surface area contributed by atoms with E-state index >= 15 is 0 Å². The summed E-state index contributed by atoms with van der Waals surface area (Å²) in [6.45, 7) is 5.84. The second-order valence-corrected chi connectivity index (χ2v) is 9.13. The summed E-state index contributed by atoms with van der Waals surface area (Å²) < 4.78 is 5.60. The number of benzene rings is 2. The number of carboxylic acid groups (broad SMARTS) is 1. The van der Waals surface area contributed by atoms with Gasteiger partial charge in [-0.05, 0) is 63.1 Å². The van der Waals surface area contributed by atoms with Crippen LogP contribution in [-0.4, -0.2) is 29.0 Å². The third-order valence-corrected chi connectivity index (χ3v) is 5.63. The lowest BCUT2D eigenvalue weighted by molar-refractivity contribution is -0.152. The Labute approximate surface area is 202 Å². The minimum Gasteiger partial charge on any atom is -0.478 e. The highest BCUT2D eigenvalue weighted by atomic mass is 35.5. The van der Waals surface area contributed by atoms with Crippen molar-refractivity contribution in [2.75, 3.05) is 6.61 Å². The van der Waals surface area contributed by atoms with Crippen molar-refractivity contribution in [2.24, 2.45) is 5.16 Å². The first-order chi connectivity index (χ1) is 15.8. The van der Waals surface area contributed by atoms with Crippen LogP contribution in [-0.2, 0) is 9.63 Å². The quantitative estimate of drug-likeness (QED) is 0.165. The third kappa shape index (κ3) is 9.47. The van der Waals surface area contributed by atoms with E-state index < -0.39 is 11.6 Å². The number of hydrogen-bond donors (Lipinski definition) is 1. The Morgan fingerprint density at radius 3 is 1.94 bits per heavy atom. The summed E-state index contributed by atoms with van der Waals surface area (Å²) in [6.07, 6.45) is 9.89. The van der Waals surface area contributed by atoms with Crippen molar-refractivity contribution in [1.82, 2.24) is 0 Å². The van der Waals surface area contributed by atoms with E-state index in [-0.39, 0.29) is 0 Å². The zero-order chi connectivity index (χ0) is 24.1. The fraction of sp³-hybridized carbons (Fsp3) is 0.481. The van der Waals surface area contributed by atoms with E-state index in [4.69, 9.17) is 21.2 Å². The predicted molar refractivity (Wildman–Crippen MR) is 134 cm³/mol. The zero-order valence-electron chi connectivity index (χ0n) is 20.0. The largest absolute Gasteiger partial charge is 0.478 e. The van der Waals surface area contributed by atoms with Crippen LogP contribution in [0.3, 0.4) is 0 Å². The Bertz CT molecular complexity index is 876. The highest BCUT2D eigenvalue weighted by molar-refractivity contribution is 6.30. The molecule has 0 saturated heterocycles. The van der Waals surface area contributed by atoms with Gasteiger partial charge in [0.05, 0.1) is 0 Å². The molecule has 5 nitrogen and oxygen atoms in total. The molecular weight excluding hydrogens is 438 g/mol. The number of hydrogen-bond acceptors (Lipinski definition) is 4. The number of rotatable bonds is 15. The fourth-order valence-electron chi connectivity index (χ4n) is 3.31. The maximum atomic E-state index is 11.3. The van der Waals surface area contributed by atoms with Crippen LogP contribution in [0.2, 0.25) is 5.02 Å². The van der Waals surface area contributed by atoms with Crippen LogP contribution < -0.4 is 4.74 Å². The summed E-state index contributed by atoms with van der Waals surface area (Å²) in [6, 6.07) is 14.6. The molecule has 6 heteroatoms. The first-order valence-corrected chi connectivity index (χ1v) is 12.2. The maximum absolute atomic E-state index is 11.3. The van der Waals surface area contributed by atoms with Gasteiger partial charge >= 0.3 is 5.97 Å². The molecule has 2 aromatic rings. The molecule has 0 aliphatic rings. The summed E-state index contributed by atoms with van der Waals surface area (Å²) >= 11 is 6.05. The lowest BCUT2D eigenvalue weighted by Crippen LogP contribution is -2.37. The second kappa shape index (κ2) is 13.9. The monoisotopic (exact) mass is 473 g/mol. The number of unbranched alkanes of at least 4 members (excludes halogenated alkanes) is 7. The molecule has 0 radical (unpaired) electrons. The molecule has 0 aliphatic carbocycles. The molecule has 0 bridgehead atoms. The highest BCUT2D eigenvalue weighted by Crippen LogP contribution is 2.22. The minimum absolute atomic E-state index is 0.474. The van der Waals surface area contributed by atoms with Gasteiger partial charge in [-0.2, -0.15) is 0 Å². The molecule has 0 spiro atoms. The highest BCUT2D eigenvalue weighted by Gasteiger charge is 2.29. The molecule has 2 aromatic carbocycles. The molecule has 0 heterocycles. The smallest absolute Gasteiger partial charge is 0.347 e. The van der Waals surface area contributed by atoms with Crippen molar-refractivity contribution in [3.63, 3.8) is 0 Å². The fourth-order valence-corrected chi connectivity index (χ4v) is 3.44. The van der Waals surface area contributed by atoms with Crippen LogP contribution in [0.5, 0.6) is 5.75 Å². The van der Waals surface area contributed by atoms with Gasteiger partial charge in [-0.15, -0.1) is 0 Å². The van der Waals surface area contributed by atoms with Crippen LogP contribution in [0.1, 0.15) is 83.3 Å². The number of nitrogens with zero attached hydrogens (tertiary/aromatic N) is 1. The Kier molecular flexibility index (Phi) is 11.2. The second-order valence-electron chi connectivity index (χ2n) is 8.70. The number of halogens is 1. The van der Waals surface area contributed by atoms with Crippen molar-refractivity contribution in [2.45, 2.75) is 77.7 Å². The number of carbonyl (C=O) groups is 1. The van der Waals surface area contributed by atoms with E-state index in [1.54, 1.807) is 12.1 Å². The van der Waals surface area contributed by atoms with Crippen molar-refractivity contribution < 1.29 is 19.5 Å². The lowest BCUT2D eigenvalue weighted by Gasteiger charge is -2.21. The summed E-state index contributed by atoms with van der Waals surface area (Å²) in [7, 11) is 0. The topological polar surface area (TPSA) is 68.1 Å². The van der Waals surface area contributed by atoms with Gasteiger partial charge in [-0.3, -0.25) is 0 Å². The van der Waals surface area contributed by atoms with Gasteiger partial charge in [0.15, 0.2) is 5.60 Å². The van der Waals surface area contributed by atoms with Gasteiger partial charge in [-0.1, -0.05) is 74.3 Å². The van der Waals surface area contributed by atoms with Crippen LogP contribution in [0.25, 0.3) is 0 Å². The van der Waals surface area contributed by atoms with E-state index in [9.17, 15) is 9.90 Å². The Morgan fingerprint density at radius 1 is 0.879 bits per heavy atom. The molecular formula is C27H36ClNO4. The predicted octanol–water partition coefficient (Wildman–Crippen LogP) is 7.49. The van der Waals surface area contributed by atoms with E-state index in [0.29, 0.717) is 23.1 Å². The molecule has 0 amide bonds. The van der Waals surface area contributed by atoms with E-state index in [0.717, 1.165) is 24.0 Å². The van der Waals surface area contributed by atoms with E-state index in [1.165, 1.54) is 52.4 Å². The Morgan fingerprint density at radius 2 is 1.39 bits per heavy atom. The summed E-state index contributed by atoms with van der Waals surface area (Å²) in [5.41, 5.74) is 1.10. The lowest BCUT2D eigenvalue weighted by atomic mass is 10.0. The first kappa shape index (κ1) is 26.7. The van der Waals surface area contributed by atoms with Gasteiger partial charge in [0, 0.05) is 16.1 Å². The van der Waals surface area contributed by atoms with Crippen LogP contribution >= 0.6 is 11.6 Å². The van der Waals surface area contributed by atoms with Gasteiger partial charge in [-0.25, -0.2) is 4.79 Å². The summed E-state index contributed by atoms with van der Waals surface area (Å²) in [5, 5.41) is 14.3. The first-order valence-electron chi connectivity index (χ1n) is 11.8. The molecule has 0 aliphatic heterocycles. The van der Waals surface area contributed by atoms with Crippen molar-refractivity contribution in [1.29, 1.82) is 0 Å². The molecule has 33 heavy (non-hydrogen) atoms. The van der Waals surface area contributed by atoms with Crippen molar-refractivity contribution >= 4 is 23.3 Å². The van der Waals surface area contributed by atoms with Crippen molar-refractivity contribution in [3.05, 3.63) is 64.7 Å². The molecule has 0 unspecified atom stereocenters. The SMILES string of the molecule is CCCCCCCCCCO/N=C(/c1ccc(Cl)cc1)c1ccc(OC(C)(C)C(=O)O)cc1. The zero-order valence-corrected chi connectivity index (χ0v) is 20.7. The molecule has 180 valence electrons. The molecule has 0 fully saturated rings. The molecule has 2 rings (SSSR count). The normalized spacial score (nSPS) is 11.9. The van der Waals surface area contributed by atoms with Crippen LogP contribution in [0.4, 0.5) is 0 Å². The van der Waals surface area contributed by atoms with Gasteiger partial charge in [0.25, 0.3) is 0 Å². The molecule has 0 saturated carbocycles. The standard InChI is InChI=1S/C27H36ClNO4/c1-4-5-6-7-8-9-10-11-20-32-29-25(21-12-16-23(28)17-13-21)22-14-18-24(19-15-22)33-27(2,3)26(30)31/h12-19H,4-11,20H2,1-3H3,(H,30,31)/b29-25-. The van der Waals surface area contributed by atoms with Gasteiger partial charge in [0.2, 0.25) is 0 Å². The van der Waals surface area contributed by atoms with Crippen molar-refractivity contribution in [3.8, 4) is 5.75 Å². The molecule has 0 atom stereocenters. The average molecular weight is 474 g/mol. The maximum Gasteiger partial charge on any atom is 0.347 e. The number of carboxylic acids is 1. The van der Waals surface area contributed by atoms with Gasteiger partial charge < -0.3 is 14.7 Å². The average Bonchev–Trinajstić information content (AvgIpc) is 2.79.